The van der Waals surface area contributed by atoms with Gasteiger partial charge in [-0.05, 0) is 56.2 Å². The average Bonchev–Trinajstić information content (AvgIpc) is 3.20. The number of thiazole rings is 1. The highest BCUT2D eigenvalue weighted by molar-refractivity contribution is 7.18. The molecule has 152 valence electrons. The van der Waals surface area contributed by atoms with E-state index in [-0.39, 0.29) is 5.92 Å². The van der Waals surface area contributed by atoms with E-state index in [2.05, 4.69) is 59.7 Å². The van der Waals surface area contributed by atoms with Gasteiger partial charge >= 0.3 is 0 Å². The Bertz CT molecular complexity index is 1260. The van der Waals surface area contributed by atoms with E-state index in [0.29, 0.717) is 13.1 Å². The third-order valence-electron chi connectivity index (χ3n) is 5.19. The van der Waals surface area contributed by atoms with Gasteiger partial charge in [0.05, 0.1) is 38.4 Å². The first kappa shape index (κ1) is 19.9. The number of nitrogens with one attached hydrogen (secondary N) is 1. The van der Waals surface area contributed by atoms with Gasteiger partial charge < -0.3 is 10.2 Å². The highest BCUT2D eigenvalue weighted by Crippen LogP contribution is 2.29. The summed E-state index contributed by atoms with van der Waals surface area (Å²) in [7, 11) is 0. The van der Waals surface area contributed by atoms with Gasteiger partial charge in [0.25, 0.3) is 0 Å². The van der Waals surface area contributed by atoms with Crippen LogP contribution in [0.15, 0.2) is 36.7 Å². The Morgan fingerprint density at radius 3 is 2.80 bits per heavy atom. The van der Waals surface area contributed by atoms with Gasteiger partial charge in [0, 0.05) is 31.2 Å². The number of hydrogen-bond donors (Lipinski definition) is 1. The monoisotopic (exact) mass is 418 g/mol. The van der Waals surface area contributed by atoms with Crippen molar-refractivity contribution in [1.82, 2.24) is 19.5 Å². The van der Waals surface area contributed by atoms with Crippen LogP contribution in [-0.2, 0) is 4.79 Å². The quantitative estimate of drug-likeness (QED) is 0.504. The molecule has 5 rings (SSSR count). The fourth-order valence-electron chi connectivity index (χ4n) is 3.44. The lowest BCUT2D eigenvalue weighted by Crippen LogP contribution is -2.44. The van der Waals surface area contributed by atoms with E-state index in [9.17, 15) is 4.79 Å². The van der Waals surface area contributed by atoms with E-state index >= 15 is 0 Å². The predicted molar refractivity (Wildman–Crippen MR) is 119 cm³/mol. The number of fused-ring (bicyclic) bond motifs is 2. The average molecular weight is 419 g/mol. The van der Waals surface area contributed by atoms with Gasteiger partial charge in [0.15, 0.2) is 0 Å². The van der Waals surface area contributed by atoms with E-state index in [0.717, 1.165) is 33.8 Å². The minimum Gasteiger partial charge on any atom is -0.354 e. The van der Waals surface area contributed by atoms with Crippen LogP contribution in [0, 0.1) is 38.0 Å². The van der Waals surface area contributed by atoms with Crippen molar-refractivity contribution < 1.29 is 4.79 Å². The Hall–Kier alpha value is -3.44. The number of carbonyl (C=O) groups is 1. The normalized spacial score (nSPS) is 13.5. The number of anilines is 2. The maximum Gasteiger partial charge on any atom is 0.209 e. The molecule has 1 saturated heterocycles. The van der Waals surface area contributed by atoms with Crippen LogP contribution < -0.4 is 5.32 Å². The Morgan fingerprint density at radius 2 is 2.07 bits per heavy atom. The molecule has 1 aromatic carbocycles. The summed E-state index contributed by atoms with van der Waals surface area (Å²) in [6.45, 7) is 7.53. The van der Waals surface area contributed by atoms with Crippen molar-refractivity contribution >= 4 is 44.9 Å². The molecule has 0 bridgehead atoms. The summed E-state index contributed by atoms with van der Waals surface area (Å²) in [6.07, 6.45) is 4.65. The predicted octanol–water partition coefficient (Wildman–Crippen LogP) is 4.21. The molecule has 0 radical (unpaired) electrons. The van der Waals surface area contributed by atoms with Crippen LogP contribution in [-0.4, -0.2) is 39.0 Å². The molecule has 1 amide bonds. The zero-order chi connectivity index (χ0) is 21.3. The van der Waals surface area contributed by atoms with Gasteiger partial charge in [-0.2, -0.15) is 10.4 Å². The lowest BCUT2D eigenvalue weighted by Gasteiger charge is -2.31. The number of hydrogen-bond acceptors (Lipinski definition) is 6. The van der Waals surface area contributed by atoms with Gasteiger partial charge in [-0.1, -0.05) is 0 Å². The number of aryl methyl sites for hydroxylation is 3. The molecular weight excluding hydrogens is 396 g/mol. The molecule has 4 aromatic rings. The first-order valence-electron chi connectivity index (χ1n) is 9.65. The van der Waals surface area contributed by atoms with E-state index in [1.807, 2.05) is 23.7 Å². The Kier molecular flexibility index (Phi) is 5.38. The molecule has 1 N–H and O–H groups in total. The number of rotatable bonds is 3. The second kappa shape index (κ2) is 8.13. The van der Waals surface area contributed by atoms with E-state index in [4.69, 9.17) is 5.26 Å². The number of benzene rings is 1. The molecule has 0 saturated carbocycles. The van der Waals surface area contributed by atoms with Crippen LogP contribution >= 0.6 is 11.3 Å². The number of amides is 1. The maximum atomic E-state index is 9.87. The molecule has 1 aliphatic heterocycles. The fraction of sp³-hybridized carbons (Fsp3) is 0.273. The zero-order valence-electron chi connectivity index (χ0n) is 17.1. The van der Waals surface area contributed by atoms with Crippen LogP contribution in [0.4, 0.5) is 11.4 Å². The third-order valence-corrected chi connectivity index (χ3v) is 6.15. The number of carbonyl (C=O) groups excluding carboxylic acids is 1. The molecule has 7 nitrogen and oxygen atoms in total. The Balaban J connectivity index is 0.000000230. The van der Waals surface area contributed by atoms with Crippen molar-refractivity contribution in [3.8, 4) is 6.07 Å². The summed E-state index contributed by atoms with van der Waals surface area (Å²) < 4.78 is 3.15. The number of nitrogens with zero attached hydrogens (tertiary/aromatic N) is 5. The van der Waals surface area contributed by atoms with Crippen molar-refractivity contribution in [2.24, 2.45) is 5.92 Å². The lowest BCUT2D eigenvalue weighted by molar-refractivity contribution is -0.122. The second-order valence-electron chi connectivity index (χ2n) is 7.40. The van der Waals surface area contributed by atoms with Gasteiger partial charge in [0.2, 0.25) is 6.41 Å². The van der Waals surface area contributed by atoms with Crippen LogP contribution in [0.5, 0.6) is 0 Å². The molecule has 4 heterocycles. The number of likely N-dealkylation sites (tertiary alicyclic amines) is 1. The molecule has 0 unspecified atom stereocenters. The molecule has 0 aliphatic carbocycles. The number of aromatic nitrogens is 3. The summed E-state index contributed by atoms with van der Waals surface area (Å²) >= 11 is 1.72. The molecule has 0 atom stereocenters. The van der Waals surface area contributed by atoms with Gasteiger partial charge in [-0.3, -0.25) is 4.79 Å². The molecule has 30 heavy (non-hydrogen) atoms. The molecule has 0 spiro atoms. The van der Waals surface area contributed by atoms with Crippen molar-refractivity contribution in [2.75, 3.05) is 18.4 Å². The molecule has 8 heteroatoms. The standard InChI is InChI=1S/C17H16N4S.C5H6N2O/c1-10-9-21-17(11(10)2)14(6-7-18-21)20-13-4-5-16-15(8-13)19-12(3)22-16;6-1-5-2-7(3-5)4-8/h4-9,20H,1-3H3;4-5H,2-3H2. The SMILES string of the molecule is Cc1nc2cc(Nc3ccnn4cc(C)c(C)c34)ccc2s1.N#CC1CN(C=O)C1. The van der Waals surface area contributed by atoms with Crippen molar-refractivity contribution in [3.63, 3.8) is 0 Å². The van der Waals surface area contributed by atoms with Crippen LogP contribution in [0.25, 0.3) is 15.7 Å². The van der Waals surface area contributed by atoms with Crippen LogP contribution in [0.2, 0.25) is 0 Å². The lowest BCUT2D eigenvalue weighted by atomic mass is 10.0. The summed E-state index contributed by atoms with van der Waals surface area (Å²) in [5.41, 5.74) is 6.76. The van der Waals surface area contributed by atoms with Crippen LogP contribution in [0.1, 0.15) is 16.1 Å². The minimum absolute atomic E-state index is 0.0974. The van der Waals surface area contributed by atoms with Gasteiger partial charge in [-0.25, -0.2) is 9.50 Å². The summed E-state index contributed by atoms with van der Waals surface area (Å²) in [6, 6.07) is 10.4. The maximum absolute atomic E-state index is 9.87. The van der Waals surface area contributed by atoms with E-state index in [1.165, 1.54) is 15.8 Å². The third kappa shape index (κ3) is 3.84. The minimum atomic E-state index is 0.0974. The Morgan fingerprint density at radius 1 is 1.27 bits per heavy atom. The molecule has 1 aliphatic rings. The molecule has 3 aromatic heterocycles. The topological polar surface area (TPSA) is 86.3 Å². The smallest absolute Gasteiger partial charge is 0.209 e. The first-order valence-corrected chi connectivity index (χ1v) is 10.5. The van der Waals surface area contributed by atoms with Gasteiger partial charge in [-0.15, -0.1) is 11.3 Å². The van der Waals surface area contributed by atoms with Crippen molar-refractivity contribution in [1.29, 1.82) is 5.26 Å². The first-order chi connectivity index (χ1) is 14.5. The fourth-order valence-corrected chi connectivity index (χ4v) is 4.24. The summed E-state index contributed by atoms with van der Waals surface area (Å²) in [5, 5.41) is 17.2. The summed E-state index contributed by atoms with van der Waals surface area (Å²) in [4.78, 5) is 16.0. The number of nitriles is 1. The highest BCUT2D eigenvalue weighted by atomic mass is 32.1. The van der Waals surface area contributed by atoms with E-state index in [1.54, 1.807) is 16.2 Å². The van der Waals surface area contributed by atoms with E-state index < -0.39 is 0 Å². The highest BCUT2D eigenvalue weighted by Gasteiger charge is 2.24. The van der Waals surface area contributed by atoms with Crippen molar-refractivity contribution in [3.05, 3.63) is 52.8 Å². The second-order valence-corrected chi connectivity index (χ2v) is 8.64. The zero-order valence-corrected chi connectivity index (χ0v) is 17.9. The largest absolute Gasteiger partial charge is 0.354 e. The molecular formula is C22H22N6OS. The van der Waals surface area contributed by atoms with Crippen LogP contribution in [0.3, 0.4) is 0 Å². The van der Waals surface area contributed by atoms with Gasteiger partial charge in [0.1, 0.15) is 0 Å². The van der Waals surface area contributed by atoms with Crippen molar-refractivity contribution in [2.45, 2.75) is 20.8 Å². The summed E-state index contributed by atoms with van der Waals surface area (Å²) in [5.74, 6) is 0.0974. The molecule has 1 fully saturated rings. The Labute approximate surface area is 178 Å².